The van der Waals surface area contributed by atoms with Crippen LogP contribution in [0.1, 0.15) is 0 Å². The van der Waals surface area contributed by atoms with E-state index in [4.69, 9.17) is 13.9 Å². The summed E-state index contributed by atoms with van der Waals surface area (Å²) >= 11 is 0. The Morgan fingerprint density at radius 2 is 1.39 bits per heavy atom. The highest BCUT2D eigenvalue weighted by atomic mass is 31.2. The van der Waals surface area contributed by atoms with Crippen LogP contribution in [0, 0.1) is 0 Å². The molecule has 7 heteroatoms. The molecule has 0 aliphatic carbocycles. The number of hydroxylamine groups is 2. The highest BCUT2D eigenvalue weighted by Gasteiger charge is 2.33. The van der Waals surface area contributed by atoms with Gasteiger partial charge < -0.3 is 9.05 Å². The minimum atomic E-state index is -3.76. The summed E-state index contributed by atoms with van der Waals surface area (Å²) in [4.78, 5) is 16.8. The van der Waals surface area contributed by atoms with Crippen molar-refractivity contribution in [3.8, 4) is 11.5 Å². The molecule has 23 heavy (non-hydrogen) atoms. The SMILES string of the molecule is CON(C)C(=O)CP(=O)(Oc1ccccc1)Oc1ccccc1. The first kappa shape index (κ1) is 17.1. The molecule has 0 heterocycles. The lowest BCUT2D eigenvalue weighted by Gasteiger charge is -2.21. The van der Waals surface area contributed by atoms with Gasteiger partial charge in [0.1, 0.15) is 11.5 Å². The third kappa shape index (κ3) is 5.13. The number of carbonyl (C=O) groups is 1. The molecule has 0 aliphatic heterocycles. The van der Waals surface area contributed by atoms with E-state index >= 15 is 0 Å². The zero-order valence-electron chi connectivity index (χ0n) is 12.9. The first-order valence-corrected chi connectivity index (χ1v) is 8.64. The fourth-order valence-corrected chi connectivity index (χ4v) is 3.32. The number of benzene rings is 2. The Labute approximate surface area is 135 Å². The molecular weight excluding hydrogens is 317 g/mol. The van der Waals surface area contributed by atoms with Crippen molar-refractivity contribution in [1.82, 2.24) is 5.06 Å². The Kier molecular flexibility index (Phi) is 5.79. The summed E-state index contributed by atoms with van der Waals surface area (Å²) in [7, 11) is -0.983. The van der Waals surface area contributed by atoms with E-state index in [0.29, 0.717) is 11.5 Å². The van der Waals surface area contributed by atoms with Crippen molar-refractivity contribution >= 4 is 13.5 Å². The van der Waals surface area contributed by atoms with Crippen LogP contribution in [0.4, 0.5) is 0 Å². The number of hydrogen-bond acceptors (Lipinski definition) is 5. The summed E-state index contributed by atoms with van der Waals surface area (Å²) in [5, 5.41) is 0.982. The van der Waals surface area contributed by atoms with Crippen molar-refractivity contribution in [2.24, 2.45) is 0 Å². The predicted molar refractivity (Wildman–Crippen MR) is 86.4 cm³/mol. The lowest BCUT2D eigenvalue weighted by Crippen LogP contribution is -2.29. The van der Waals surface area contributed by atoms with Crippen LogP contribution in [0.15, 0.2) is 60.7 Å². The van der Waals surface area contributed by atoms with Gasteiger partial charge >= 0.3 is 7.60 Å². The summed E-state index contributed by atoms with van der Waals surface area (Å²) in [6.45, 7) is 0. The Balaban J connectivity index is 2.22. The van der Waals surface area contributed by atoms with Crippen molar-refractivity contribution < 1.29 is 23.2 Å². The van der Waals surface area contributed by atoms with Crippen molar-refractivity contribution in [1.29, 1.82) is 0 Å². The Hall–Kier alpha value is -2.30. The summed E-state index contributed by atoms with van der Waals surface area (Å²) < 4.78 is 24.0. The summed E-state index contributed by atoms with van der Waals surface area (Å²) in [5.74, 6) is 0.210. The van der Waals surface area contributed by atoms with Crippen molar-refractivity contribution in [3.63, 3.8) is 0 Å². The Morgan fingerprint density at radius 1 is 0.957 bits per heavy atom. The van der Waals surface area contributed by atoms with Crippen LogP contribution in [-0.4, -0.2) is 31.3 Å². The summed E-state index contributed by atoms with van der Waals surface area (Å²) in [6.07, 6.45) is -0.443. The van der Waals surface area contributed by atoms with Gasteiger partial charge in [0.2, 0.25) is 0 Å². The molecular formula is C16H18NO5P. The first-order valence-electron chi connectivity index (χ1n) is 6.91. The molecule has 0 spiro atoms. The molecule has 0 atom stereocenters. The molecule has 0 aliphatic rings. The molecule has 122 valence electrons. The molecule has 0 radical (unpaired) electrons. The van der Waals surface area contributed by atoms with Gasteiger partial charge in [-0.1, -0.05) is 36.4 Å². The molecule has 0 fully saturated rings. The Morgan fingerprint density at radius 3 is 1.78 bits per heavy atom. The molecule has 2 rings (SSSR count). The maximum Gasteiger partial charge on any atom is 0.440 e. The molecule has 0 N–H and O–H groups in total. The smallest absolute Gasteiger partial charge is 0.416 e. The van der Waals surface area contributed by atoms with E-state index in [1.54, 1.807) is 60.7 Å². The maximum atomic E-state index is 13.0. The van der Waals surface area contributed by atoms with Crippen LogP contribution in [0.3, 0.4) is 0 Å². The lowest BCUT2D eigenvalue weighted by atomic mass is 10.3. The first-order chi connectivity index (χ1) is 11.0. The minimum Gasteiger partial charge on any atom is -0.416 e. The van der Waals surface area contributed by atoms with Gasteiger partial charge in [0.15, 0.2) is 6.16 Å². The molecule has 0 unspecified atom stereocenters. The highest BCUT2D eigenvalue weighted by Crippen LogP contribution is 2.48. The summed E-state index contributed by atoms with van der Waals surface area (Å²) in [5.41, 5.74) is 0. The lowest BCUT2D eigenvalue weighted by molar-refractivity contribution is -0.165. The van der Waals surface area contributed by atoms with Gasteiger partial charge in [-0.2, -0.15) is 0 Å². The third-order valence-corrected chi connectivity index (χ3v) is 4.57. The van der Waals surface area contributed by atoms with E-state index in [-0.39, 0.29) is 0 Å². The van der Waals surface area contributed by atoms with Gasteiger partial charge in [-0.05, 0) is 24.3 Å². The minimum absolute atomic E-state index is 0.361. The number of para-hydroxylation sites is 2. The maximum absolute atomic E-state index is 13.0. The molecule has 2 aromatic carbocycles. The second-order valence-electron chi connectivity index (χ2n) is 4.65. The van der Waals surface area contributed by atoms with E-state index < -0.39 is 19.7 Å². The van der Waals surface area contributed by atoms with Crippen LogP contribution in [0.25, 0.3) is 0 Å². The average molecular weight is 335 g/mol. The second kappa shape index (κ2) is 7.81. The van der Waals surface area contributed by atoms with Crippen LogP contribution >= 0.6 is 7.60 Å². The molecule has 0 aromatic heterocycles. The van der Waals surface area contributed by atoms with Gasteiger partial charge in [-0.15, -0.1) is 0 Å². The molecule has 1 amide bonds. The van der Waals surface area contributed by atoms with Crippen LogP contribution in [0.5, 0.6) is 11.5 Å². The van der Waals surface area contributed by atoms with Gasteiger partial charge in [-0.3, -0.25) is 9.63 Å². The number of carbonyl (C=O) groups excluding carboxylic acids is 1. The molecule has 2 aromatic rings. The summed E-state index contributed by atoms with van der Waals surface area (Å²) in [6, 6.07) is 17.2. The standard InChI is InChI=1S/C16H18NO5P/c1-17(20-2)16(18)13-23(19,21-14-9-5-3-6-10-14)22-15-11-7-4-8-12-15/h3-12H,13H2,1-2H3. The third-order valence-electron chi connectivity index (χ3n) is 2.93. The van der Waals surface area contributed by atoms with Gasteiger partial charge in [-0.25, -0.2) is 9.63 Å². The average Bonchev–Trinajstić information content (AvgIpc) is 2.55. The monoisotopic (exact) mass is 335 g/mol. The van der Waals surface area contributed by atoms with Gasteiger partial charge in [0.05, 0.1) is 7.11 Å². The van der Waals surface area contributed by atoms with Crippen molar-refractivity contribution in [3.05, 3.63) is 60.7 Å². The van der Waals surface area contributed by atoms with Gasteiger partial charge in [0, 0.05) is 7.05 Å². The van der Waals surface area contributed by atoms with E-state index in [1.165, 1.54) is 14.2 Å². The molecule has 0 bridgehead atoms. The van der Waals surface area contributed by atoms with Crippen LogP contribution in [0.2, 0.25) is 0 Å². The topological polar surface area (TPSA) is 65.1 Å². The Bertz CT molecular complexity index is 632. The van der Waals surface area contributed by atoms with E-state index in [9.17, 15) is 9.36 Å². The molecule has 0 saturated carbocycles. The number of nitrogens with zero attached hydrogens (tertiary/aromatic N) is 1. The fourth-order valence-electron chi connectivity index (χ4n) is 1.73. The largest absolute Gasteiger partial charge is 0.440 e. The van der Waals surface area contributed by atoms with Crippen molar-refractivity contribution in [2.45, 2.75) is 0 Å². The quantitative estimate of drug-likeness (QED) is 0.573. The zero-order chi connectivity index (χ0) is 16.7. The van der Waals surface area contributed by atoms with Crippen LogP contribution in [-0.2, 0) is 14.2 Å². The van der Waals surface area contributed by atoms with Crippen LogP contribution < -0.4 is 9.05 Å². The molecule has 0 saturated heterocycles. The van der Waals surface area contributed by atoms with Crippen molar-refractivity contribution in [2.75, 3.05) is 20.3 Å². The zero-order valence-corrected chi connectivity index (χ0v) is 13.8. The normalized spacial score (nSPS) is 10.9. The number of amides is 1. The number of hydrogen-bond donors (Lipinski definition) is 0. The van der Waals surface area contributed by atoms with E-state index in [0.717, 1.165) is 5.06 Å². The molecule has 6 nitrogen and oxygen atoms in total. The number of rotatable bonds is 7. The van der Waals surface area contributed by atoms with Gasteiger partial charge in [0.25, 0.3) is 5.91 Å². The highest BCUT2D eigenvalue weighted by molar-refractivity contribution is 7.55. The predicted octanol–water partition coefficient (Wildman–Crippen LogP) is 3.36. The fraction of sp³-hybridized carbons (Fsp3) is 0.188. The van der Waals surface area contributed by atoms with E-state index in [1.807, 2.05) is 0 Å². The second-order valence-corrected chi connectivity index (χ2v) is 6.55. The van der Waals surface area contributed by atoms with E-state index in [2.05, 4.69) is 0 Å².